The quantitative estimate of drug-likeness (QED) is 0.818. The number of anilines is 1. The average molecular weight is 319 g/mol. The summed E-state index contributed by atoms with van der Waals surface area (Å²) < 4.78 is 52.7. The van der Waals surface area contributed by atoms with Crippen molar-refractivity contribution < 1.29 is 17.2 Å². The van der Waals surface area contributed by atoms with E-state index in [1.807, 2.05) is 0 Å². The molecule has 20 heavy (non-hydrogen) atoms. The minimum atomic E-state index is -4.16. The van der Waals surface area contributed by atoms with Crippen LogP contribution in [0.15, 0.2) is 28.6 Å². The minimum absolute atomic E-state index is 0.0334. The van der Waals surface area contributed by atoms with Crippen molar-refractivity contribution in [2.45, 2.75) is 11.3 Å². The topological polar surface area (TPSA) is 85.1 Å². The fourth-order valence-corrected chi connectivity index (χ4v) is 3.30. The Hall–Kier alpha value is -1.58. The van der Waals surface area contributed by atoms with Gasteiger partial charge in [-0.2, -0.15) is 0 Å². The van der Waals surface area contributed by atoms with Crippen LogP contribution in [-0.2, 0) is 16.4 Å². The molecule has 5 nitrogen and oxygen atoms in total. The van der Waals surface area contributed by atoms with Crippen molar-refractivity contribution >= 4 is 27.0 Å². The molecule has 0 atom stereocenters. The van der Waals surface area contributed by atoms with E-state index in [1.165, 1.54) is 11.3 Å². The predicted molar refractivity (Wildman–Crippen MR) is 71.8 cm³/mol. The van der Waals surface area contributed by atoms with Crippen molar-refractivity contribution in [1.82, 2.24) is 9.71 Å². The van der Waals surface area contributed by atoms with Gasteiger partial charge in [0.2, 0.25) is 10.0 Å². The number of benzene rings is 1. The molecule has 1 heterocycles. The number of nitrogens with two attached hydrogens (primary N) is 1. The summed E-state index contributed by atoms with van der Waals surface area (Å²) in [5.74, 6) is -2.74. The lowest BCUT2D eigenvalue weighted by atomic mass is 10.3. The third-order valence-electron chi connectivity index (χ3n) is 2.42. The Morgan fingerprint density at radius 2 is 2.10 bits per heavy atom. The van der Waals surface area contributed by atoms with E-state index in [0.29, 0.717) is 6.42 Å². The van der Waals surface area contributed by atoms with Crippen LogP contribution in [0.5, 0.6) is 0 Å². The van der Waals surface area contributed by atoms with Gasteiger partial charge in [-0.1, -0.05) is 0 Å². The Morgan fingerprint density at radius 3 is 2.75 bits per heavy atom. The van der Waals surface area contributed by atoms with E-state index >= 15 is 0 Å². The van der Waals surface area contributed by atoms with Gasteiger partial charge in [-0.3, -0.25) is 0 Å². The van der Waals surface area contributed by atoms with Crippen LogP contribution in [0.25, 0.3) is 0 Å². The number of thiazole rings is 1. The van der Waals surface area contributed by atoms with Gasteiger partial charge in [0.1, 0.15) is 4.90 Å². The van der Waals surface area contributed by atoms with E-state index in [1.54, 1.807) is 11.6 Å². The molecular formula is C11H11F2N3O2S2. The zero-order valence-corrected chi connectivity index (χ0v) is 11.8. The SMILES string of the molecule is Nc1cc(F)c(F)c(S(=O)(=O)NCCc2nccs2)c1. The number of sulfonamides is 1. The van der Waals surface area contributed by atoms with E-state index in [4.69, 9.17) is 5.73 Å². The summed E-state index contributed by atoms with van der Waals surface area (Å²) in [5, 5.41) is 2.50. The zero-order valence-electron chi connectivity index (χ0n) is 10.1. The number of aromatic nitrogens is 1. The second kappa shape index (κ2) is 5.81. The Labute approximate surface area is 118 Å². The van der Waals surface area contributed by atoms with Gasteiger partial charge in [0.05, 0.1) is 5.01 Å². The van der Waals surface area contributed by atoms with Gasteiger partial charge in [-0.05, 0) is 12.1 Å². The smallest absolute Gasteiger partial charge is 0.243 e. The van der Waals surface area contributed by atoms with Gasteiger partial charge in [0, 0.05) is 30.2 Å². The largest absolute Gasteiger partial charge is 0.399 e. The predicted octanol–water partition coefficient (Wildman–Crippen LogP) is 1.52. The molecule has 0 unspecified atom stereocenters. The molecule has 1 aromatic heterocycles. The molecule has 0 spiro atoms. The summed E-state index contributed by atoms with van der Waals surface area (Å²) in [5.41, 5.74) is 5.16. The first-order valence-electron chi connectivity index (χ1n) is 5.52. The van der Waals surface area contributed by atoms with Gasteiger partial charge >= 0.3 is 0 Å². The first-order chi connectivity index (χ1) is 9.40. The van der Waals surface area contributed by atoms with Gasteiger partial charge in [0.15, 0.2) is 11.6 Å². The first kappa shape index (κ1) is 14.8. The number of halogens is 2. The average Bonchev–Trinajstić information content (AvgIpc) is 2.86. The number of nitrogens with zero attached hydrogens (tertiary/aromatic N) is 1. The molecule has 9 heteroatoms. The molecule has 0 fully saturated rings. The molecule has 0 saturated carbocycles. The van der Waals surface area contributed by atoms with Crippen LogP contribution in [0.3, 0.4) is 0 Å². The van der Waals surface area contributed by atoms with Crippen molar-refractivity contribution in [2.75, 3.05) is 12.3 Å². The number of nitrogen functional groups attached to an aromatic ring is 1. The zero-order chi connectivity index (χ0) is 14.8. The van der Waals surface area contributed by atoms with Crippen LogP contribution in [0.4, 0.5) is 14.5 Å². The van der Waals surface area contributed by atoms with Gasteiger partial charge < -0.3 is 5.73 Å². The number of hydrogen-bond acceptors (Lipinski definition) is 5. The lowest BCUT2D eigenvalue weighted by Gasteiger charge is -2.08. The lowest BCUT2D eigenvalue weighted by molar-refractivity contribution is 0.484. The Bertz CT molecular complexity index is 703. The highest BCUT2D eigenvalue weighted by atomic mass is 32.2. The van der Waals surface area contributed by atoms with E-state index in [2.05, 4.69) is 9.71 Å². The summed E-state index contributed by atoms with van der Waals surface area (Å²) >= 11 is 1.38. The van der Waals surface area contributed by atoms with Gasteiger partial charge in [-0.25, -0.2) is 26.9 Å². The molecule has 1 aromatic carbocycles. The summed E-state index contributed by atoms with van der Waals surface area (Å²) in [7, 11) is -4.16. The third-order valence-corrected chi connectivity index (χ3v) is 4.72. The van der Waals surface area contributed by atoms with Crippen LogP contribution in [0.1, 0.15) is 5.01 Å². The van der Waals surface area contributed by atoms with E-state index in [0.717, 1.165) is 17.1 Å². The molecule has 0 aliphatic rings. The molecule has 0 saturated heterocycles. The number of nitrogens with one attached hydrogen (secondary N) is 1. The molecule has 2 rings (SSSR count). The molecule has 108 valence electrons. The van der Waals surface area contributed by atoms with Crippen LogP contribution >= 0.6 is 11.3 Å². The van der Waals surface area contributed by atoms with E-state index in [9.17, 15) is 17.2 Å². The molecule has 0 aliphatic carbocycles. The Kier molecular flexibility index (Phi) is 4.31. The van der Waals surface area contributed by atoms with E-state index in [-0.39, 0.29) is 12.2 Å². The van der Waals surface area contributed by atoms with Crippen LogP contribution in [0, 0.1) is 11.6 Å². The summed E-state index contributed by atoms with van der Waals surface area (Å²) in [6.07, 6.45) is 1.96. The second-order valence-corrected chi connectivity index (χ2v) is 6.60. The van der Waals surface area contributed by atoms with Crippen molar-refractivity contribution in [2.24, 2.45) is 0 Å². The summed E-state index contributed by atoms with van der Waals surface area (Å²) in [6, 6.07) is 1.61. The van der Waals surface area contributed by atoms with Crippen molar-refractivity contribution in [3.05, 3.63) is 40.4 Å². The molecule has 2 aromatic rings. The first-order valence-corrected chi connectivity index (χ1v) is 7.89. The molecular weight excluding hydrogens is 308 g/mol. The molecule has 0 bridgehead atoms. The van der Waals surface area contributed by atoms with Crippen molar-refractivity contribution in [3.8, 4) is 0 Å². The maximum absolute atomic E-state index is 13.5. The summed E-state index contributed by atoms with van der Waals surface area (Å²) in [6.45, 7) is 0.0334. The monoisotopic (exact) mass is 319 g/mol. The minimum Gasteiger partial charge on any atom is -0.399 e. The van der Waals surface area contributed by atoms with Crippen LogP contribution in [-0.4, -0.2) is 19.9 Å². The normalized spacial score (nSPS) is 11.7. The van der Waals surface area contributed by atoms with Crippen molar-refractivity contribution in [1.29, 1.82) is 0 Å². The summed E-state index contributed by atoms with van der Waals surface area (Å²) in [4.78, 5) is 3.19. The third kappa shape index (κ3) is 3.30. The number of hydrogen-bond donors (Lipinski definition) is 2. The highest BCUT2D eigenvalue weighted by Crippen LogP contribution is 2.20. The Balaban J connectivity index is 2.14. The fraction of sp³-hybridized carbons (Fsp3) is 0.182. The number of rotatable bonds is 5. The lowest BCUT2D eigenvalue weighted by Crippen LogP contribution is -2.27. The molecule has 0 radical (unpaired) electrons. The van der Waals surface area contributed by atoms with Gasteiger partial charge in [0.25, 0.3) is 0 Å². The fourth-order valence-electron chi connectivity index (χ4n) is 1.53. The van der Waals surface area contributed by atoms with E-state index < -0.39 is 26.6 Å². The maximum Gasteiger partial charge on any atom is 0.243 e. The highest BCUT2D eigenvalue weighted by Gasteiger charge is 2.22. The molecule has 0 aliphatic heterocycles. The molecule has 3 N–H and O–H groups in total. The Morgan fingerprint density at radius 1 is 1.35 bits per heavy atom. The molecule has 0 amide bonds. The van der Waals surface area contributed by atoms with Crippen LogP contribution in [0.2, 0.25) is 0 Å². The second-order valence-electron chi connectivity index (χ2n) is 3.89. The van der Waals surface area contributed by atoms with Crippen molar-refractivity contribution in [3.63, 3.8) is 0 Å². The van der Waals surface area contributed by atoms with Gasteiger partial charge in [-0.15, -0.1) is 11.3 Å². The highest BCUT2D eigenvalue weighted by molar-refractivity contribution is 7.89. The maximum atomic E-state index is 13.5. The standard InChI is InChI=1S/C11H11F2N3O2S2/c12-8-5-7(14)6-9(11(8)13)20(17,18)16-2-1-10-15-3-4-19-10/h3-6,16H,1-2,14H2. The van der Waals surface area contributed by atoms with Crippen LogP contribution < -0.4 is 10.5 Å².